The minimum atomic E-state index is -1.35. The molecule has 2 heterocycles. The second-order valence-electron chi connectivity index (χ2n) is 11.7. The Hall–Kier alpha value is -4.17. The molecule has 4 aromatic rings. The lowest BCUT2D eigenvalue weighted by Gasteiger charge is -2.35. The third kappa shape index (κ3) is 5.98. The summed E-state index contributed by atoms with van der Waals surface area (Å²) in [5, 5.41) is 21.6. The van der Waals surface area contributed by atoms with Crippen molar-refractivity contribution >= 4 is 22.7 Å². The Morgan fingerprint density at radius 3 is 2.46 bits per heavy atom. The molecule has 0 bridgehead atoms. The highest BCUT2D eigenvalue weighted by Crippen LogP contribution is 2.41. The molecule has 1 aromatic heterocycles. The summed E-state index contributed by atoms with van der Waals surface area (Å²) in [7, 11) is 0. The molecule has 0 spiro atoms. The van der Waals surface area contributed by atoms with Crippen molar-refractivity contribution in [2.24, 2.45) is 0 Å². The number of hydrogen-bond donors (Lipinski definition) is 3. The summed E-state index contributed by atoms with van der Waals surface area (Å²) < 4.78 is 6.19. The number of hydrogen-bond acceptors (Lipinski definition) is 5. The van der Waals surface area contributed by atoms with Gasteiger partial charge in [-0.05, 0) is 86.2 Å². The summed E-state index contributed by atoms with van der Waals surface area (Å²) >= 11 is 0. The molecular formula is C33H36N4O4. The molecule has 3 aromatic carbocycles. The second kappa shape index (κ2) is 11.0. The molecule has 6 rings (SSSR count). The van der Waals surface area contributed by atoms with E-state index in [0.29, 0.717) is 44.0 Å². The lowest BCUT2D eigenvalue weighted by molar-refractivity contribution is -0.149. The maximum absolute atomic E-state index is 13.1. The number of carbonyl (C=O) groups excluding carboxylic acids is 2. The van der Waals surface area contributed by atoms with Gasteiger partial charge in [-0.3, -0.25) is 14.7 Å². The second-order valence-corrected chi connectivity index (χ2v) is 11.7. The number of nitrogens with one attached hydrogen (secondary N) is 2. The van der Waals surface area contributed by atoms with E-state index in [4.69, 9.17) is 4.74 Å². The molecule has 0 atom stereocenters. The van der Waals surface area contributed by atoms with E-state index in [1.54, 1.807) is 4.90 Å². The van der Waals surface area contributed by atoms with Gasteiger partial charge in [-0.2, -0.15) is 5.10 Å². The van der Waals surface area contributed by atoms with Crippen LogP contribution in [0.2, 0.25) is 0 Å². The smallest absolute Gasteiger partial charge is 0.253 e. The van der Waals surface area contributed by atoms with E-state index >= 15 is 0 Å². The highest BCUT2D eigenvalue weighted by Gasteiger charge is 2.32. The van der Waals surface area contributed by atoms with Crippen LogP contribution in [0, 0.1) is 0 Å². The van der Waals surface area contributed by atoms with Crippen molar-refractivity contribution in [2.75, 3.05) is 13.1 Å². The van der Waals surface area contributed by atoms with Gasteiger partial charge in [0.2, 0.25) is 0 Å². The fourth-order valence-electron chi connectivity index (χ4n) is 5.59. The van der Waals surface area contributed by atoms with Crippen molar-refractivity contribution in [2.45, 2.75) is 63.7 Å². The minimum absolute atomic E-state index is 0.00947. The van der Waals surface area contributed by atoms with E-state index in [2.05, 4.69) is 33.7 Å². The number of carbonyl (C=O) groups is 2. The summed E-state index contributed by atoms with van der Waals surface area (Å²) in [6.45, 7) is 4.68. The zero-order valence-corrected chi connectivity index (χ0v) is 23.5. The van der Waals surface area contributed by atoms with Crippen LogP contribution >= 0.6 is 0 Å². The lowest BCUT2D eigenvalue weighted by Crippen LogP contribution is -2.49. The minimum Gasteiger partial charge on any atom is -0.490 e. The van der Waals surface area contributed by atoms with Gasteiger partial charge >= 0.3 is 0 Å². The Morgan fingerprint density at radius 2 is 1.76 bits per heavy atom. The fraction of sp³-hybridized carbons (Fsp3) is 0.364. The van der Waals surface area contributed by atoms with Crippen LogP contribution in [0.5, 0.6) is 5.75 Å². The van der Waals surface area contributed by atoms with E-state index in [1.165, 1.54) is 37.8 Å². The summed E-state index contributed by atoms with van der Waals surface area (Å²) in [5.74, 6) is 1.04. The predicted octanol–water partition coefficient (Wildman–Crippen LogP) is 5.18. The van der Waals surface area contributed by atoms with Crippen LogP contribution in [0.4, 0.5) is 0 Å². The topological polar surface area (TPSA) is 108 Å². The Morgan fingerprint density at radius 1 is 1.02 bits per heavy atom. The number of likely N-dealkylation sites (tertiary alicyclic amines) is 1. The standard InChI is InChI=1S/C33H36N4O4/c1-33(2,40)32(39)37-17-15-26(16-18-37)41-25-12-9-22(10-13-25)30-28-19-23(11-14-29(28)35-36-30)31(38)34-20-24-5-3-4-6-27(24)21-7-8-21/h3-6,9-14,19,21,26,40H,7-8,15-18,20H2,1-2H3,(H,34,38)(H,35,36). The van der Waals surface area contributed by atoms with E-state index in [1.807, 2.05) is 48.5 Å². The molecule has 2 fully saturated rings. The number of nitrogens with zero attached hydrogens (tertiary/aromatic N) is 2. The van der Waals surface area contributed by atoms with Crippen LogP contribution in [-0.4, -0.2) is 56.8 Å². The zero-order valence-electron chi connectivity index (χ0n) is 23.5. The summed E-state index contributed by atoms with van der Waals surface area (Å²) in [6, 6.07) is 21.8. The monoisotopic (exact) mass is 552 g/mol. The molecule has 1 saturated carbocycles. The Kier molecular flexibility index (Phi) is 7.26. The molecule has 8 nitrogen and oxygen atoms in total. The Bertz CT molecular complexity index is 1560. The molecule has 8 heteroatoms. The molecule has 3 N–H and O–H groups in total. The zero-order chi connectivity index (χ0) is 28.6. The van der Waals surface area contributed by atoms with Gasteiger partial charge in [0.1, 0.15) is 17.5 Å². The van der Waals surface area contributed by atoms with Crippen LogP contribution in [0.25, 0.3) is 22.2 Å². The number of benzene rings is 3. The van der Waals surface area contributed by atoms with Crippen molar-refractivity contribution in [3.8, 4) is 17.0 Å². The Balaban J connectivity index is 1.10. The molecule has 0 radical (unpaired) electrons. The molecule has 212 valence electrons. The molecule has 0 unspecified atom stereocenters. The van der Waals surface area contributed by atoms with Crippen LogP contribution in [0.3, 0.4) is 0 Å². The highest BCUT2D eigenvalue weighted by atomic mass is 16.5. The molecular weight excluding hydrogens is 516 g/mol. The van der Waals surface area contributed by atoms with Gasteiger partial charge < -0.3 is 20.1 Å². The number of ether oxygens (including phenoxy) is 1. The van der Waals surface area contributed by atoms with E-state index < -0.39 is 5.60 Å². The first-order valence-corrected chi connectivity index (χ1v) is 14.4. The average Bonchev–Trinajstić information content (AvgIpc) is 3.74. The third-order valence-electron chi connectivity index (χ3n) is 8.02. The maximum Gasteiger partial charge on any atom is 0.253 e. The van der Waals surface area contributed by atoms with E-state index in [0.717, 1.165) is 27.9 Å². The SMILES string of the molecule is CC(C)(O)C(=O)N1CCC(Oc2ccc(-c3n[nH]c4ccc(C(=O)NCc5ccccc5C5CC5)cc34)cc2)CC1. The fourth-order valence-corrected chi connectivity index (χ4v) is 5.59. The molecule has 2 amide bonds. The maximum atomic E-state index is 13.1. The van der Waals surface area contributed by atoms with Gasteiger partial charge in [0.15, 0.2) is 0 Å². The van der Waals surface area contributed by atoms with Crippen molar-refractivity contribution in [1.29, 1.82) is 0 Å². The molecule has 41 heavy (non-hydrogen) atoms. The van der Waals surface area contributed by atoms with Crippen LogP contribution < -0.4 is 10.1 Å². The summed E-state index contributed by atoms with van der Waals surface area (Å²) in [5.41, 5.74) is 4.33. The normalized spacial score (nSPS) is 16.1. The Labute approximate surface area is 239 Å². The van der Waals surface area contributed by atoms with Gasteiger partial charge in [0.05, 0.1) is 11.2 Å². The summed E-state index contributed by atoms with van der Waals surface area (Å²) in [4.78, 5) is 27.1. The quantitative estimate of drug-likeness (QED) is 0.279. The third-order valence-corrected chi connectivity index (χ3v) is 8.02. The number of aliphatic hydroxyl groups is 1. The van der Waals surface area contributed by atoms with Crippen molar-refractivity contribution in [3.05, 3.63) is 83.4 Å². The van der Waals surface area contributed by atoms with Gasteiger partial charge in [-0.25, -0.2) is 0 Å². The average molecular weight is 553 g/mol. The van der Waals surface area contributed by atoms with Crippen molar-refractivity contribution in [1.82, 2.24) is 20.4 Å². The predicted molar refractivity (Wildman–Crippen MR) is 158 cm³/mol. The first-order chi connectivity index (χ1) is 19.8. The number of fused-ring (bicyclic) bond motifs is 1. The van der Waals surface area contributed by atoms with Crippen molar-refractivity contribution < 1.29 is 19.4 Å². The van der Waals surface area contributed by atoms with Crippen molar-refractivity contribution in [3.63, 3.8) is 0 Å². The number of piperidine rings is 1. The van der Waals surface area contributed by atoms with Gasteiger partial charge in [-0.1, -0.05) is 24.3 Å². The van der Waals surface area contributed by atoms with Gasteiger partial charge in [0, 0.05) is 49.0 Å². The molecule has 2 aliphatic rings. The summed E-state index contributed by atoms with van der Waals surface area (Å²) in [6.07, 6.45) is 3.89. The highest BCUT2D eigenvalue weighted by molar-refractivity contribution is 6.01. The van der Waals surface area contributed by atoms with Crippen LogP contribution in [0.1, 0.15) is 66.9 Å². The first-order valence-electron chi connectivity index (χ1n) is 14.4. The van der Waals surface area contributed by atoms with Crippen LogP contribution in [-0.2, 0) is 11.3 Å². The largest absolute Gasteiger partial charge is 0.490 e. The van der Waals surface area contributed by atoms with Crippen LogP contribution in [0.15, 0.2) is 66.7 Å². The molecule has 1 saturated heterocycles. The molecule has 1 aliphatic carbocycles. The number of rotatable bonds is 8. The number of amides is 2. The lowest BCUT2D eigenvalue weighted by atomic mass is 10.0. The number of H-pyrrole nitrogens is 1. The first kappa shape index (κ1) is 27.0. The van der Waals surface area contributed by atoms with E-state index in [9.17, 15) is 14.7 Å². The molecule has 1 aliphatic heterocycles. The number of aromatic amines is 1. The van der Waals surface area contributed by atoms with Gasteiger partial charge in [-0.15, -0.1) is 0 Å². The number of aromatic nitrogens is 2. The van der Waals surface area contributed by atoms with Gasteiger partial charge in [0.25, 0.3) is 11.8 Å². The van der Waals surface area contributed by atoms with E-state index in [-0.39, 0.29) is 17.9 Å².